The van der Waals surface area contributed by atoms with E-state index in [2.05, 4.69) is 10.6 Å². The van der Waals surface area contributed by atoms with E-state index in [1.54, 1.807) is 18.2 Å². The minimum atomic E-state index is -0.749. The monoisotopic (exact) mass is 356 g/mol. The van der Waals surface area contributed by atoms with Crippen LogP contribution in [-0.4, -0.2) is 32.6 Å². The lowest BCUT2D eigenvalue weighted by Gasteiger charge is -2.26. The van der Waals surface area contributed by atoms with Gasteiger partial charge in [0.25, 0.3) is 0 Å². The van der Waals surface area contributed by atoms with E-state index in [-0.39, 0.29) is 6.04 Å². The Hall–Kier alpha value is -3.22. The molecule has 0 spiro atoms. The zero-order chi connectivity index (χ0) is 18.5. The fraction of sp³-hybridized carbons (Fsp3) is 0.263. The lowest BCUT2D eigenvalue weighted by Crippen LogP contribution is -2.39. The smallest absolute Gasteiger partial charge is 0.313 e. The van der Waals surface area contributed by atoms with Crippen LogP contribution in [0.3, 0.4) is 0 Å². The van der Waals surface area contributed by atoms with Crippen molar-refractivity contribution < 1.29 is 23.8 Å². The Bertz CT molecular complexity index is 821. The molecule has 0 unspecified atom stereocenters. The van der Waals surface area contributed by atoms with Crippen molar-refractivity contribution in [3.63, 3.8) is 0 Å². The summed E-state index contributed by atoms with van der Waals surface area (Å²) in [6.07, 6.45) is 0.604. The van der Waals surface area contributed by atoms with E-state index < -0.39 is 11.8 Å². The predicted octanol–water partition coefficient (Wildman–Crippen LogP) is 2.28. The lowest BCUT2D eigenvalue weighted by molar-refractivity contribution is -0.136. The molecule has 0 radical (unpaired) electrons. The summed E-state index contributed by atoms with van der Waals surface area (Å²) in [6, 6.07) is 12.1. The Morgan fingerprint density at radius 1 is 1.04 bits per heavy atom. The van der Waals surface area contributed by atoms with Gasteiger partial charge in [-0.1, -0.05) is 18.2 Å². The highest BCUT2D eigenvalue weighted by Gasteiger charge is 2.25. The summed E-state index contributed by atoms with van der Waals surface area (Å²) in [5, 5.41) is 5.32. The minimum Gasteiger partial charge on any atom is -0.493 e. The molecular formula is C19H20N2O5. The van der Waals surface area contributed by atoms with Crippen molar-refractivity contribution >= 4 is 17.5 Å². The molecule has 0 saturated carbocycles. The van der Waals surface area contributed by atoms with Crippen LogP contribution in [-0.2, 0) is 9.59 Å². The van der Waals surface area contributed by atoms with E-state index >= 15 is 0 Å². The number of carbonyl (C=O) groups is 2. The van der Waals surface area contributed by atoms with Gasteiger partial charge in [0.1, 0.15) is 5.75 Å². The first-order chi connectivity index (χ1) is 12.6. The maximum atomic E-state index is 12.3. The summed E-state index contributed by atoms with van der Waals surface area (Å²) in [7, 11) is 3.02. The molecule has 2 aromatic carbocycles. The Morgan fingerprint density at radius 3 is 2.58 bits per heavy atom. The van der Waals surface area contributed by atoms with Gasteiger partial charge in [-0.25, -0.2) is 0 Å². The van der Waals surface area contributed by atoms with E-state index in [0.29, 0.717) is 30.2 Å². The number of methoxy groups -OCH3 is 2. The van der Waals surface area contributed by atoms with E-state index in [9.17, 15) is 9.59 Å². The third-order valence-corrected chi connectivity index (χ3v) is 4.11. The second-order valence-corrected chi connectivity index (χ2v) is 5.72. The van der Waals surface area contributed by atoms with Gasteiger partial charge in [-0.2, -0.15) is 0 Å². The molecule has 0 saturated heterocycles. The summed E-state index contributed by atoms with van der Waals surface area (Å²) >= 11 is 0. The SMILES string of the molecule is COc1ccc(NC(=O)C(=O)N[C@@H]2CCOc3ccccc32)cc1OC. The van der Waals surface area contributed by atoms with Crippen LogP contribution in [0.5, 0.6) is 17.2 Å². The molecule has 1 atom stereocenters. The molecule has 3 rings (SSSR count). The molecule has 1 heterocycles. The molecule has 1 aliphatic rings. The quantitative estimate of drug-likeness (QED) is 0.821. The first-order valence-electron chi connectivity index (χ1n) is 8.18. The summed E-state index contributed by atoms with van der Waals surface area (Å²) in [5.41, 5.74) is 1.31. The number of hydrogen-bond acceptors (Lipinski definition) is 5. The van der Waals surface area contributed by atoms with Crippen molar-refractivity contribution in [1.82, 2.24) is 5.32 Å². The van der Waals surface area contributed by atoms with Crippen molar-refractivity contribution in [1.29, 1.82) is 0 Å². The molecule has 2 aromatic rings. The van der Waals surface area contributed by atoms with Gasteiger partial charge in [-0.15, -0.1) is 0 Å². The number of anilines is 1. The van der Waals surface area contributed by atoms with Gasteiger partial charge in [0.05, 0.1) is 26.9 Å². The number of nitrogens with one attached hydrogen (secondary N) is 2. The van der Waals surface area contributed by atoms with Crippen LogP contribution in [0.1, 0.15) is 18.0 Å². The third-order valence-electron chi connectivity index (χ3n) is 4.11. The van der Waals surface area contributed by atoms with Crippen LogP contribution in [0, 0.1) is 0 Å². The van der Waals surface area contributed by atoms with Crippen molar-refractivity contribution in [3.8, 4) is 17.2 Å². The van der Waals surface area contributed by atoms with Gasteiger partial charge in [-0.3, -0.25) is 9.59 Å². The fourth-order valence-electron chi connectivity index (χ4n) is 2.82. The van der Waals surface area contributed by atoms with Crippen molar-refractivity contribution in [2.24, 2.45) is 0 Å². The first-order valence-corrected chi connectivity index (χ1v) is 8.18. The average Bonchev–Trinajstić information content (AvgIpc) is 2.68. The standard InChI is InChI=1S/C19H20N2O5/c1-24-16-8-7-12(11-17(16)25-2)20-18(22)19(23)21-14-9-10-26-15-6-4-3-5-13(14)15/h3-8,11,14H,9-10H2,1-2H3,(H,20,22)(H,21,23)/t14-/m1/s1. The Balaban J connectivity index is 1.67. The molecular weight excluding hydrogens is 336 g/mol. The topological polar surface area (TPSA) is 85.9 Å². The van der Waals surface area contributed by atoms with Crippen LogP contribution in [0.4, 0.5) is 5.69 Å². The van der Waals surface area contributed by atoms with Gasteiger partial charge < -0.3 is 24.8 Å². The first kappa shape index (κ1) is 17.6. The van der Waals surface area contributed by atoms with E-state index in [1.165, 1.54) is 14.2 Å². The highest BCUT2D eigenvalue weighted by molar-refractivity contribution is 6.39. The lowest BCUT2D eigenvalue weighted by atomic mass is 10.0. The maximum Gasteiger partial charge on any atom is 0.313 e. The second kappa shape index (κ2) is 7.77. The van der Waals surface area contributed by atoms with Gasteiger partial charge in [0.2, 0.25) is 0 Å². The summed E-state index contributed by atoms with van der Waals surface area (Å²) in [6.45, 7) is 0.485. The van der Waals surface area contributed by atoms with Crippen molar-refractivity contribution in [2.75, 3.05) is 26.1 Å². The molecule has 7 nitrogen and oxygen atoms in total. The molecule has 0 fully saturated rings. The molecule has 0 aliphatic carbocycles. The van der Waals surface area contributed by atoms with Crippen LogP contribution in [0.15, 0.2) is 42.5 Å². The Labute approximate surface area is 151 Å². The molecule has 1 aliphatic heterocycles. The summed E-state index contributed by atoms with van der Waals surface area (Å²) in [4.78, 5) is 24.5. The van der Waals surface area contributed by atoms with E-state index in [1.807, 2.05) is 24.3 Å². The molecule has 7 heteroatoms. The van der Waals surface area contributed by atoms with Crippen LogP contribution in [0.25, 0.3) is 0 Å². The highest BCUT2D eigenvalue weighted by Crippen LogP contribution is 2.32. The van der Waals surface area contributed by atoms with Crippen molar-refractivity contribution in [2.45, 2.75) is 12.5 Å². The number of hydrogen-bond donors (Lipinski definition) is 2. The Kier molecular flexibility index (Phi) is 5.26. The zero-order valence-electron chi connectivity index (χ0n) is 14.6. The molecule has 136 valence electrons. The molecule has 26 heavy (non-hydrogen) atoms. The number of rotatable bonds is 4. The average molecular weight is 356 g/mol. The molecule has 2 amide bonds. The predicted molar refractivity (Wildman–Crippen MR) is 95.6 cm³/mol. The van der Waals surface area contributed by atoms with Crippen LogP contribution in [0.2, 0.25) is 0 Å². The summed E-state index contributed by atoms with van der Waals surface area (Å²) in [5.74, 6) is 0.268. The largest absolute Gasteiger partial charge is 0.493 e. The number of benzene rings is 2. The van der Waals surface area contributed by atoms with Gasteiger partial charge in [-0.05, 0) is 18.2 Å². The molecule has 0 bridgehead atoms. The molecule has 0 aromatic heterocycles. The van der Waals surface area contributed by atoms with E-state index in [4.69, 9.17) is 14.2 Å². The maximum absolute atomic E-state index is 12.3. The Morgan fingerprint density at radius 2 is 1.81 bits per heavy atom. The number of amides is 2. The third kappa shape index (κ3) is 3.72. The van der Waals surface area contributed by atoms with Crippen molar-refractivity contribution in [3.05, 3.63) is 48.0 Å². The molecule has 2 N–H and O–H groups in total. The zero-order valence-corrected chi connectivity index (χ0v) is 14.6. The van der Waals surface area contributed by atoms with Gasteiger partial charge in [0.15, 0.2) is 11.5 Å². The van der Waals surface area contributed by atoms with Gasteiger partial charge >= 0.3 is 11.8 Å². The minimum absolute atomic E-state index is 0.261. The number of fused-ring (bicyclic) bond motifs is 1. The van der Waals surface area contributed by atoms with Crippen LogP contribution >= 0.6 is 0 Å². The normalized spacial score (nSPS) is 15.2. The highest BCUT2D eigenvalue weighted by atomic mass is 16.5. The second-order valence-electron chi connectivity index (χ2n) is 5.72. The number of ether oxygens (including phenoxy) is 3. The number of carbonyl (C=O) groups excluding carboxylic acids is 2. The van der Waals surface area contributed by atoms with Crippen LogP contribution < -0.4 is 24.8 Å². The number of para-hydroxylation sites is 1. The van der Waals surface area contributed by atoms with E-state index in [0.717, 1.165) is 11.3 Å². The summed E-state index contributed by atoms with van der Waals surface area (Å²) < 4.78 is 15.9. The van der Waals surface area contributed by atoms with Gasteiger partial charge in [0, 0.05) is 23.7 Å². The fourth-order valence-corrected chi connectivity index (χ4v) is 2.82.